The summed E-state index contributed by atoms with van der Waals surface area (Å²) in [7, 11) is 0. The van der Waals surface area contributed by atoms with Gasteiger partial charge in [0.25, 0.3) is 5.91 Å². The van der Waals surface area contributed by atoms with Gasteiger partial charge >= 0.3 is 5.97 Å². The monoisotopic (exact) mass is 391 g/mol. The summed E-state index contributed by atoms with van der Waals surface area (Å²) in [5.41, 5.74) is 1.32. The molecule has 0 bridgehead atoms. The van der Waals surface area contributed by atoms with Crippen molar-refractivity contribution in [1.29, 1.82) is 0 Å². The van der Waals surface area contributed by atoms with E-state index < -0.39 is 5.97 Å². The fourth-order valence-electron chi connectivity index (χ4n) is 3.37. The number of hydrogen-bond donors (Lipinski definition) is 1. The minimum atomic E-state index is -0.588. The highest BCUT2D eigenvalue weighted by molar-refractivity contribution is 5.92. The molecule has 1 aliphatic heterocycles. The van der Waals surface area contributed by atoms with Crippen LogP contribution in [0.4, 0.5) is 0 Å². The summed E-state index contributed by atoms with van der Waals surface area (Å²) in [6.45, 7) is 2.45. The summed E-state index contributed by atoms with van der Waals surface area (Å²) in [5.74, 6) is 0.139. The van der Waals surface area contributed by atoms with Crippen LogP contribution in [0, 0.1) is 0 Å². The van der Waals surface area contributed by atoms with Gasteiger partial charge in [-0.3, -0.25) is 4.79 Å². The molecule has 148 valence electrons. The van der Waals surface area contributed by atoms with E-state index in [1.54, 1.807) is 18.2 Å². The van der Waals surface area contributed by atoms with Crippen LogP contribution in [-0.4, -0.2) is 31.7 Å². The molecule has 6 heteroatoms. The summed E-state index contributed by atoms with van der Waals surface area (Å²) in [6, 6.07) is 18.6. The number of fused-ring (bicyclic) bond motifs is 2. The molecule has 1 N–H and O–H groups in total. The number of esters is 1. The van der Waals surface area contributed by atoms with Gasteiger partial charge in [0.15, 0.2) is 18.1 Å². The van der Waals surface area contributed by atoms with Gasteiger partial charge in [0.2, 0.25) is 0 Å². The first kappa shape index (κ1) is 18.8. The zero-order valence-electron chi connectivity index (χ0n) is 16.0. The van der Waals surface area contributed by atoms with Crippen molar-refractivity contribution in [2.45, 2.75) is 13.0 Å². The summed E-state index contributed by atoms with van der Waals surface area (Å²) >= 11 is 0. The van der Waals surface area contributed by atoms with Crippen LogP contribution in [0.1, 0.15) is 28.9 Å². The van der Waals surface area contributed by atoms with Crippen LogP contribution in [-0.2, 0) is 9.53 Å². The standard InChI is InChI=1S/C23H21NO5/c1-15(18-8-4-6-16-5-2-3-7-19(16)18)24-22(25)14-29-23(26)17-9-10-20-21(13-17)28-12-11-27-20/h2-10,13,15H,11-12,14H2,1H3,(H,24,25). The first-order valence-corrected chi connectivity index (χ1v) is 9.45. The first-order valence-electron chi connectivity index (χ1n) is 9.45. The molecule has 29 heavy (non-hydrogen) atoms. The van der Waals surface area contributed by atoms with Crippen LogP contribution in [0.15, 0.2) is 60.7 Å². The largest absolute Gasteiger partial charge is 0.486 e. The lowest BCUT2D eigenvalue weighted by atomic mass is 10.00. The number of amides is 1. The zero-order chi connectivity index (χ0) is 20.2. The first-order chi connectivity index (χ1) is 14.1. The van der Waals surface area contributed by atoms with Gasteiger partial charge < -0.3 is 19.5 Å². The minimum Gasteiger partial charge on any atom is -0.486 e. The molecule has 3 aromatic carbocycles. The fourth-order valence-corrected chi connectivity index (χ4v) is 3.37. The molecule has 0 aromatic heterocycles. The Morgan fingerprint density at radius 3 is 2.62 bits per heavy atom. The van der Waals surface area contributed by atoms with Gasteiger partial charge in [-0.1, -0.05) is 42.5 Å². The molecular weight excluding hydrogens is 370 g/mol. The van der Waals surface area contributed by atoms with Gasteiger partial charge in [-0.2, -0.15) is 0 Å². The molecule has 0 saturated heterocycles. The average molecular weight is 391 g/mol. The molecule has 0 saturated carbocycles. The predicted molar refractivity (Wildman–Crippen MR) is 108 cm³/mol. The van der Waals surface area contributed by atoms with E-state index in [0.29, 0.717) is 30.3 Å². The Hall–Kier alpha value is -3.54. The van der Waals surface area contributed by atoms with E-state index in [4.69, 9.17) is 14.2 Å². The van der Waals surface area contributed by atoms with Crippen molar-refractivity contribution in [3.63, 3.8) is 0 Å². The predicted octanol–water partition coefficient (Wildman–Crippen LogP) is 3.65. The molecule has 4 rings (SSSR count). The fraction of sp³-hybridized carbons (Fsp3) is 0.217. The Labute approximate surface area is 168 Å². The lowest BCUT2D eigenvalue weighted by molar-refractivity contribution is -0.124. The molecule has 1 unspecified atom stereocenters. The second-order valence-electron chi connectivity index (χ2n) is 6.79. The molecule has 0 spiro atoms. The number of benzene rings is 3. The number of ether oxygens (including phenoxy) is 3. The number of hydrogen-bond acceptors (Lipinski definition) is 5. The van der Waals surface area contributed by atoms with E-state index in [0.717, 1.165) is 16.3 Å². The molecular formula is C23H21NO5. The highest BCUT2D eigenvalue weighted by Crippen LogP contribution is 2.31. The summed E-state index contributed by atoms with van der Waals surface area (Å²) in [4.78, 5) is 24.6. The second kappa shape index (κ2) is 8.22. The highest BCUT2D eigenvalue weighted by atomic mass is 16.6. The van der Waals surface area contributed by atoms with Crippen molar-refractivity contribution in [3.8, 4) is 11.5 Å². The normalized spacial score (nSPS) is 13.6. The van der Waals surface area contributed by atoms with Crippen LogP contribution in [0.5, 0.6) is 11.5 Å². The Bertz CT molecular complexity index is 1060. The molecule has 3 aromatic rings. The van der Waals surface area contributed by atoms with Crippen molar-refractivity contribution < 1.29 is 23.8 Å². The maximum absolute atomic E-state index is 12.3. The summed E-state index contributed by atoms with van der Waals surface area (Å²) < 4.78 is 16.1. The van der Waals surface area contributed by atoms with E-state index in [2.05, 4.69) is 5.32 Å². The van der Waals surface area contributed by atoms with Gasteiger partial charge in [0, 0.05) is 0 Å². The van der Waals surface area contributed by atoms with Crippen LogP contribution < -0.4 is 14.8 Å². The number of carbonyl (C=O) groups is 2. The topological polar surface area (TPSA) is 73.9 Å². The van der Waals surface area contributed by atoms with Crippen LogP contribution in [0.2, 0.25) is 0 Å². The zero-order valence-corrected chi connectivity index (χ0v) is 16.0. The highest BCUT2D eigenvalue weighted by Gasteiger charge is 2.18. The molecule has 1 atom stereocenters. The van der Waals surface area contributed by atoms with Gasteiger partial charge in [0.1, 0.15) is 13.2 Å². The third-order valence-electron chi connectivity index (χ3n) is 4.78. The van der Waals surface area contributed by atoms with Crippen LogP contribution >= 0.6 is 0 Å². The second-order valence-corrected chi connectivity index (χ2v) is 6.79. The lowest BCUT2D eigenvalue weighted by Gasteiger charge is -2.18. The van der Waals surface area contributed by atoms with Crippen molar-refractivity contribution in [3.05, 3.63) is 71.8 Å². The maximum Gasteiger partial charge on any atom is 0.338 e. The quantitative estimate of drug-likeness (QED) is 0.672. The molecule has 1 aliphatic rings. The van der Waals surface area contributed by atoms with Crippen molar-refractivity contribution in [1.82, 2.24) is 5.32 Å². The number of carbonyl (C=O) groups excluding carboxylic acids is 2. The van der Waals surface area contributed by atoms with E-state index in [1.807, 2.05) is 49.4 Å². The van der Waals surface area contributed by atoms with E-state index in [9.17, 15) is 9.59 Å². The molecule has 6 nitrogen and oxygen atoms in total. The Kier molecular flexibility index (Phi) is 5.33. The van der Waals surface area contributed by atoms with E-state index >= 15 is 0 Å². The molecule has 1 heterocycles. The number of rotatable bonds is 5. The third kappa shape index (κ3) is 4.16. The smallest absolute Gasteiger partial charge is 0.338 e. The van der Waals surface area contributed by atoms with Gasteiger partial charge in [0.05, 0.1) is 11.6 Å². The SMILES string of the molecule is CC(NC(=O)COC(=O)c1ccc2c(c1)OCCO2)c1cccc2ccccc12. The van der Waals surface area contributed by atoms with Gasteiger partial charge in [-0.05, 0) is 41.5 Å². The van der Waals surface area contributed by atoms with Crippen molar-refractivity contribution in [2.75, 3.05) is 19.8 Å². The summed E-state index contributed by atoms with van der Waals surface area (Å²) in [6.07, 6.45) is 0. The third-order valence-corrected chi connectivity index (χ3v) is 4.78. The van der Waals surface area contributed by atoms with Crippen molar-refractivity contribution >= 4 is 22.6 Å². The molecule has 0 fully saturated rings. The van der Waals surface area contributed by atoms with Crippen LogP contribution in [0.25, 0.3) is 10.8 Å². The average Bonchev–Trinajstić information content (AvgIpc) is 2.76. The van der Waals surface area contributed by atoms with Crippen LogP contribution in [0.3, 0.4) is 0 Å². The maximum atomic E-state index is 12.3. The Morgan fingerprint density at radius 1 is 1.00 bits per heavy atom. The van der Waals surface area contributed by atoms with E-state index in [-0.39, 0.29) is 18.6 Å². The Balaban J connectivity index is 1.36. The lowest BCUT2D eigenvalue weighted by Crippen LogP contribution is -2.31. The molecule has 1 amide bonds. The van der Waals surface area contributed by atoms with E-state index in [1.165, 1.54) is 0 Å². The Morgan fingerprint density at radius 2 is 1.76 bits per heavy atom. The summed E-state index contributed by atoms with van der Waals surface area (Å²) in [5, 5.41) is 5.07. The molecule has 0 aliphatic carbocycles. The van der Waals surface area contributed by atoms with Gasteiger partial charge in [-0.15, -0.1) is 0 Å². The number of nitrogens with one attached hydrogen (secondary N) is 1. The molecule has 0 radical (unpaired) electrons. The minimum absolute atomic E-state index is 0.221. The van der Waals surface area contributed by atoms with Gasteiger partial charge in [-0.25, -0.2) is 4.79 Å². The van der Waals surface area contributed by atoms with Crippen molar-refractivity contribution in [2.24, 2.45) is 0 Å².